The number of carbonyl (C=O) groups excluding carboxylic acids is 3. The van der Waals surface area contributed by atoms with Crippen molar-refractivity contribution in [3.05, 3.63) is 48.0 Å². The molecule has 1 aliphatic heterocycles. The highest BCUT2D eigenvalue weighted by molar-refractivity contribution is 5.86. The largest absolute Gasteiger partial charge is 0.464 e. The Morgan fingerprint density at radius 2 is 2.00 bits per heavy atom. The first-order valence-electron chi connectivity index (χ1n) is 11.0. The van der Waals surface area contributed by atoms with Gasteiger partial charge >= 0.3 is 5.97 Å². The van der Waals surface area contributed by atoms with Gasteiger partial charge in [-0.05, 0) is 44.6 Å². The smallest absolute Gasteiger partial charge is 0.305 e. The molecule has 0 aliphatic carbocycles. The first-order chi connectivity index (χ1) is 15.0. The van der Waals surface area contributed by atoms with E-state index in [-0.39, 0.29) is 43.5 Å². The SMILES string of the molecule is CC1COC(=O)CCCCC=CCC(CC(=O)NC(CO)Cc2ccccc2)C(=O)N1. The molecule has 3 N–H and O–H groups in total. The number of carbonyl (C=O) groups is 3. The van der Waals surface area contributed by atoms with Crippen LogP contribution in [-0.2, 0) is 25.5 Å². The van der Waals surface area contributed by atoms with E-state index >= 15 is 0 Å². The van der Waals surface area contributed by atoms with Crippen LogP contribution in [0.25, 0.3) is 0 Å². The van der Waals surface area contributed by atoms with E-state index in [0.29, 0.717) is 19.3 Å². The Balaban J connectivity index is 1.96. The van der Waals surface area contributed by atoms with E-state index in [9.17, 15) is 19.5 Å². The van der Waals surface area contributed by atoms with E-state index in [1.54, 1.807) is 6.92 Å². The molecule has 1 aromatic carbocycles. The molecule has 31 heavy (non-hydrogen) atoms. The Morgan fingerprint density at radius 1 is 1.23 bits per heavy atom. The number of hydrogen-bond donors (Lipinski definition) is 3. The van der Waals surface area contributed by atoms with Crippen LogP contribution in [0.4, 0.5) is 0 Å². The summed E-state index contributed by atoms with van der Waals surface area (Å²) in [4.78, 5) is 37.1. The van der Waals surface area contributed by atoms with Crippen molar-refractivity contribution in [1.29, 1.82) is 0 Å². The summed E-state index contributed by atoms with van der Waals surface area (Å²) in [6.07, 6.45) is 7.74. The summed E-state index contributed by atoms with van der Waals surface area (Å²) in [5, 5.41) is 15.3. The predicted molar refractivity (Wildman–Crippen MR) is 118 cm³/mol. The highest BCUT2D eigenvalue weighted by atomic mass is 16.5. The molecule has 0 saturated carbocycles. The minimum absolute atomic E-state index is 0.0218. The van der Waals surface area contributed by atoms with Crippen molar-refractivity contribution in [3.8, 4) is 0 Å². The van der Waals surface area contributed by atoms with Gasteiger partial charge in [0, 0.05) is 12.8 Å². The number of nitrogens with one attached hydrogen (secondary N) is 2. The van der Waals surface area contributed by atoms with Gasteiger partial charge in [-0.3, -0.25) is 14.4 Å². The second kappa shape index (κ2) is 13.6. The van der Waals surface area contributed by atoms with Crippen LogP contribution in [0.2, 0.25) is 0 Å². The summed E-state index contributed by atoms with van der Waals surface area (Å²) in [5.74, 6) is -1.31. The highest BCUT2D eigenvalue weighted by Crippen LogP contribution is 2.13. The number of ether oxygens (including phenoxy) is 1. The maximum atomic E-state index is 12.7. The van der Waals surface area contributed by atoms with Gasteiger partial charge in [-0.25, -0.2) is 0 Å². The number of cyclic esters (lactones) is 1. The summed E-state index contributed by atoms with van der Waals surface area (Å²) in [5.41, 5.74) is 1.02. The van der Waals surface area contributed by atoms with E-state index in [1.165, 1.54) is 0 Å². The van der Waals surface area contributed by atoms with Crippen LogP contribution >= 0.6 is 0 Å². The van der Waals surface area contributed by atoms with Crippen molar-refractivity contribution >= 4 is 17.8 Å². The van der Waals surface area contributed by atoms with Gasteiger partial charge in [-0.2, -0.15) is 0 Å². The van der Waals surface area contributed by atoms with Crippen molar-refractivity contribution in [3.63, 3.8) is 0 Å². The fraction of sp³-hybridized carbons (Fsp3) is 0.542. The lowest BCUT2D eigenvalue weighted by atomic mass is 9.98. The van der Waals surface area contributed by atoms with Crippen molar-refractivity contribution in [1.82, 2.24) is 10.6 Å². The Morgan fingerprint density at radius 3 is 2.74 bits per heavy atom. The number of amides is 2. The van der Waals surface area contributed by atoms with Crippen molar-refractivity contribution in [2.24, 2.45) is 5.92 Å². The fourth-order valence-electron chi connectivity index (χ4n) is 3.46. The van der Waals surface area contributed by atoms with Gasteiger partial charge in [0.1, 0.15) is 6.61 Å². The highest BCUT2D eigenvalue weighted by Gasteiger charge is 2.24. The molecule has 3 atom stereocenters. The molecule has 3 unspecified atom stereocenters. The molecule has 7 heteroatoms. The third-order valence-electron chi connectivity index (χ3n) is 5.18. The number of aliphatic hydroxyl groups excluding tert-OH is 1. The van der Waals surface area contributed by atoms with Crippen LogP contribution in [0.15, 0.2) is 42.5 Å². The van der Waals surface area contributed by atoms with E-state index in [1.807, 2.05) is 42.5 Å². The standard InChI is InChI=1S/C24H34N2O5/c1-18-17-31-23(29)13-9-4-2-3-8-12-20(24(30)25-18)15-22(28)26-21(16-27)14-19-10-6-5-7-11-19/h3,5-8,10-11,18,20-21,27H,2,4,9,12-17H2,1H3,(H,25,30)(H,26,28). The van der Waals surface area contributed by atoms with E-state index in [0.717, 1.165) is 24.8 Å². The van der Waals surface area contributed by atoms with Crippen LogP contribution in [-0.4, -0.2) is 48.2 Å². The molecule has 1 aliphatic rings. The lowest BCUT2D eigenvalue weighted by molar-refractivity contribution is -0.145. The zero-order valence-corrected chi connectivity index (χ0v) is 18.2. The lowest BCUT2D eigenvalue weighted by Crippen LogP contribution is -2.44. The van der Waals surface area contributed by atoms with E-state index in [2.05, 4.69) is 10.6 Å². The molecule has 7 nitrogen and oxygen atoms in total. The predicted octanol–water partition coefficient (Wildman–Crippen LogP) is 2.28. The average Bonchev–Trinajstić information content (AvgIpc) is 2.75. The Labute approximate surface area is 184 Å². The van der Waals surface area contributed by atoms with Crippen LogP contribution in [0.5, 0.6) is 0 Å². The number of benzene rings is 1. The second-order valence-corrected chi connectivity index (χ2v) is 8.08. The van der Waals surface area contributed by atoms with Crippen LogP contribution < -0.4 is 10.6 Å². The Bertz CT molecular complexity index is 735. The van der Waals surface area contributed by atoms with Crippen LogP contribution in [0.1, 0.15) is 51.0 Å². The first kappa shape index (κ1) is 24.6. The summed E-state index contributed by atoms with van der Waals surface area (Å²) < 4.78 is 5.21. The number of esters is 1. The Kier molecular flexibility index (Phi) is 10.8. The quantitative estimate of drug-likeness (QED) is 0.474. The maximum absolute atomic E-state index is 12.7. The third-order valence-corrected chi connectivity index (χ3v) is 5.18. The van der Waals surface area contributed by atoms with Gasteiger partial charge in [0.25, 0.3) is 0 Å². The molecular weight excluding hydrogens is 396 g/mol. The Hall–Kier alpha value is -2.67. The number of aliphatic hydroxyl groups is 1. The normalized spacial score (nSPS) is 22.0. The minimum Gasteiger partial charge on any atom is -0.464 e. The molecule has 0 bridgehead atoms. The van der Waals surface area contributed by atoms with Crippen LogP contribution in [0, 0.1) is 5.92 Å². The number of hydrogen-bond acceptors (Lipinski definition) is 5. The summed E-state index contributed by atoms with van der Waals surface area (Å²) in [7, 11) is 0. The minimum atomic E-state index is -0.534. The third kappa shape index (κ3) is 9.79. The average molecular weight is 431 g/mol. The first-order valence-corrected chi connectivity index (χ1v) is 11.0. The zero-order valence-electron chi connectivity index (χ0n) is 18.2. The monoisotopic (exact) mass is 430 g/mol. The van der Waals surface area contributed by atoms with Crippen molar-refractivity contribution in [2.45, 2.75) is 64.0 Å². The fourth-order valence-corrected chi connectivity index (χ4v) is 3.46. The molecular formula is C24H34N2O5. The van der Waals surface area contributed by atoms with Gasteiger partial charge < -0.3 is 20.5 Å². The zero-order chi connectivity index (χ0) is 22.5. The van der Waals surface area contributed by atoms with Crippen molar-refractivity contribution < 1.29 is 24.2 Å². The van der Waals surface area contributed by atoms with Crippen LogP contribution in [0.3, 0.4) is 0 Å². The molecule has 0 radical (unpaired) electrons. The van der Waals surface area contributed by atoms with Gasteiger partial charge in [-0.1, -0.05) is 42.5 Å². The lowest BCUT2D eigenvalue weighted by Gasteiger charge is -2.21. The molecule has 0 saturated heterocycles. The molecule has 2 amide bonds. The molecule has 170 valence electrons. The molecule has 1 aromatic rings. The van der Waals surface area contributed by atoms with Gasteiger partial charge in [0.2, 0.25) is 11.8 Å². The van der Waals surface area contributed by atoms with Gasteiger partial charge in [0.05, 0.1) is 24.6 Å². The molecule has 1 heterocycles. The maximum Gasteiger partial charge on any atom is 0.305 e. The van der Waals surface area contributed by atoms with Gasteiger partial charge in [-0.15, -0.1) is 0 Å². The topological polar surface area (TPSA) is 105 Å². The molecule has 0 aromatic heterocycles. The van der Waals surface area contributed by atoms with E-state index < -0.39 is 12.0 Å². The summed E-state index contributed by atoms with van der Waals surface area (Å²) >= 11 is 0. The summed E-state index contributed by atoms with van der Waals surface area (Å²) in [6.45, 7) is 1.70. The number of rotatable bonds is 6. The second-order valence-electron chi connectivity index (χ2n) is 8.08. The molecule has 0 fully saturated rings. The molecule has 0 spiro atoms. The van der Waals surface area contributed by atoms with Crippen molar-refractivity contribution in [2.75, 3.05) is 13.2 Å². The summed E-state index contributed by atoms with van der Waals surface area (Å²) in [6, 6.07) is 8.88. The number of allylic oxidation sites excluding steroid dienone is 2. The van der Waals surface area contributed by atoms with E-state index in [4.69, 9.17) is 4.74 Å². The van der Waals surface area contributed by atoms with Gasteiger partial charge in [0.15, 0.2) is 0 Å². The molecule has 2 rings (SSSR count).